The highest BCUT2D eigenvalue weighted by Gasteiger charge is 2.05. The number of rotatable bonds is 2. The summed E-state index contributed by atoms with van der Waals surface area (Å²) in [5.41, 5.74) is 4.87. The molecule has 0 spiro atoms. The van der Waals surface area contributed by atoms with Gasteiger partial charge in [-0.2, -0.15) is 5.10 Å². The van der Waals surface area contributed by atoms with Crippen LogP contribution in [0.1, 0.15) is 30.9 Å². The lowest BCUT2D eigenvalue weighted by Gasteiger charge is -2.08. The maximum atomic E-state index is 4.20. The highest BCUT2D eigenvalue weighted by molar-refractivity contribution is 5.61. The minimum atomic E-state index is 0.558. The third-order valence-electron chi connectivity index (χ3n) is 2.56. The Hall–Kier alpha value is -1.57. The van der Waals surface area contributed by atoms with Crippen molar-refractivity contribution in [2.24, 2.45) is 0 Å². The molecule has 15 heavy (non-hydrogen) atoms. The Morgan fingerprint density at radius 2 is 2.00 bits per heavy atom. The van der Waals surface area contributed by atoms with Gasteiger partial charge in [0.25, 0.3) is 0 Å². The second kappa shape index (κ2) is 3.89. The Bertz CT molecular complexity index is 442. The third-order valence-corrected chi connectivity index (χ3v) is 2.56. The van der Waals surface area contributed by atoms with Crippen molar-refractivity contribution in [2.75, 3.05) is 0 Å². The predicted octanol–water partition coefficient (Wildman–Crippen LogP) is 3.51. The second-order valence-corrected chi connectivity index (χ2v) is 4.25. The van der Waals surface area contributed by atoms with Gasteiger partial charge in [0.15, 0.2) is 0 Å². The van der Waals surface area contributed by atoms with E-state index in [9.17, 15) is 0 Å². The zero-order chi connectivity index (χ0) is 10.8. The molecule has 1 heterocycles. The lowest BCUT2D eigenvalue weighted by molar-refractivity contribution is 0.865. The molecule has 1 aromatic carbocycles. The molecule has 0 saturated carbocycles. The van der Waals surface area contributed by atoms with Gasteiger partial charge in [-0.3, -0.25) is 5.10 Å². The molecule has 2 rings (SSSR count). The van der Waals surface area contributed by atoms with E-state index in [1.54, 1.807) is 0 Å². The minimum absolute atomic E-state index is 0.558. The first-order chi connectivity index (χ1) is 7.16. The van der Waals surface area contributed by atoms with Crippen LogP contribution < -0.4 is 0 Å². The van der Waals surface area contributed by atoms with E-state index in [1.807, 2.05) is 12.3 Å². The second-order valence-electron chi connectivity index (χ2n) is 4.25. The minimum Gasteiger partial charge on any atom is -0.285 e. The van der Waals surface area contributed by atoms with Crippen molar-refractivity contribution >= 4 is 0 Å². The van der Waals surface area contributed by atoms with Crippen LogP contribution in [-0.2, 0) is 0 Å². The molecule has 0 radical (unpaired) electrons. The SMILES string of the molecule is Cc1cc(-c2cc[nH]n2)cc(C(C)C)c1. The van der Waals surface area contributed by atoms with Gasteiger partial charge in [0, 0.05) is 11.8 Å². The number of aromatic amines is 1. The van der Waals surface area contributed by atoms with Crippen LogP contribution >= 0.6 is 0 Å². The fraction of sp³-hybridized carbons (Fsp3) is 0.308. The van der Waals surface area contributed by atoms with Gasteiger partial charge in [0.05, 0.1) is 5.69 Å². The molecule has 0 aliphatic carbocycles. The molecular formula is C13H16N2. The zero-order valence-corrected chi connectivity index (χ0v) is 9.41. The first-order valence-electron chi connectivity index (χ1n) is 5.28. The Kier molecular flexibility index (Phi) is 2.58. The summed E-state index contributed by atoms with van der Waals surface area (Å²) in [6.07, 6.45) is 1.85. The van der Waals surface area contributed by atoms with Crippen LogP contribution in [0.4, 0.5) is 0 Å². The standard InChI is InChI=1S/C13H16N2/c1-9(2)11-6-10(3)7-12(8-11)13-4-5-14-15-13/h4-9H,1-3H3,(H,14,15). The van der Waals surface area contributed by atoms with Gasteiger partial charge >= 0.3 is 0 Å². The van der Waals surface area contributed by atoms with Gasteiger partial charge in [0.1, 0.15) is 0 Å². The predicted molar refractivity (Wildman–Crippen MR) is 62.8 cm³/mol. The molecule has 0 aliphatic heterocycles. The molecule has 0 fully saturated rings. The number of benzene rings is 1. The van der Waals surface area contributed by atoms with Crippen LogP contribution in [0.2, 0.25) is 0 Å². The van der Waals surface area contributed by atoms with E-state index in [1.165, 1.54) is 16.7 Å². The Balaban J connectivity index is 2.49. The fourth-order valence-electron chi connectivity index (χ4n) is 1.72. The average Bonchev–Trinajstić information content (AvgIpc) is 2.69. The monoisotopic (exact) mass is 200 g/mol. The Morgan fingerprint density at radius 1 is 1.20 bits per heavy atom. The summed E-state index contributed by atoms with van der Waals surface area (Å²) in [6, 6.07) is 8.62. The quantitative estimate of drug-likeness (QED) is 0.789. The number of H-pyrrole nitrogens is 1. The van der Waals surface area contributed by atoms with Gasteiger partial charge in [0.2, 0.25) is 0 Å². The summed E-state index contributed by atoms with van der Waals surface area (Å²) >= 11 is 0. The number of aryl methyl sites for hydroxylation is 1. The molecule has 0 bridgehead atoms. The van der Waals surface area contributed by atoms with E-state index < -0.39 is 0 Å². The van der Waals surface area contributed by atoms with E-state index in [0.717, 1.165) is 5.69 Å². The normalized spacial score (nSPS) is 10.9. The number of nitrogens with zero attached hydrogens (tertiary/aromatic N) is 1. The van der Waals surface area contributed by atoms with Gasteiger partial charge in [-0.25, -0.2) is 0 Å². The summed E-state index contributed by atoms with van der Waals surface area (Å²) in [5, 5.41) is 7.05. The lowest BCUT2D eigenvalue weighted by atomic mass is 9.97. The molecule has 2 aromatic rings. The van der Waals surface area contributed by atoms with Crippen molar-refractivity contribution in [1.29, 1.82) is 0 Å². The Labute approximate surface area is 90.3 Å². The van der Waals surface area contributed by atoms with Crippen molar-refractivity contribution in [3.05, 3.63) is 41.6 Å². The topological polar surface area (TPSA) is 28.7 Å². The summed E-state index contributed by atoms with van der Waals surface area (Å²) < 4.78 is 0. The van der Waals surface area contributed by atoms with Crippen LogP contribution in [0.3, 0.4) is 0 Å². The Morgan fingerprint density at radius 3 is 2.60 bits per heavy atom. The molecule has 0 amide bonds. The lowest BCUT2D eigenvalue weighted by Crippen LogP contribution is -1.90. The maximum absolute atomic E-state index is 4.20. The fourth-order valence-corrected chi connectivity index (χ4v) is 1.72. The van der Waals surface area contributed by atoms with Crippen molar-refractivity contribution in [2.45, 2.75) is 26.7 Å². The molecule has 0 aliphatic rings. The van der Waals surface area contributed by atoms with Gasteiger partial charge < -0.3 is 0 Å². The number of nitrogens with one attached hydrogen (secondary N) is 1. The van der Waals surface area contributed by atoms with Gasteiger partial charge in [-0.05, 0) is 36.6 Å². The third kappa shape index (κ3) is 2.09. The van der Waals surface area contributed by atoms with Gasteiger partial charge in [-0.1, -0.05) is 25.5 Å². The summed E-state index contributed by atoms with van der Waals surface area (Å²) in [4.78, 5) is 0. The van der Waals surface area contributed by atoms with E-state index in [0.29, 0.717) is 5.92 Å². The largest absolute Gasteiger partial charge is 0.285 e. The average molecular weight is 200 g/mol. The number of hydrogen-bond acceptors (Lipinski definition) is 1. The van der Waals surface area contributed by atoms with E-state index >= 15 is 0 Å². The van der Waals surface area contributed by atoms with Crippen LogP contribution in [0.15, 0.2) is 30.5 Å². The first-order valence-corrected chi connectivity index (χ1v) is 5.28. The smallest absolute Gasteiger partial charge is 0.0920 e. The number of aromatic nitrogens is 2. The maximum Gasteiger partial charge on any atom is 0.0920 e. The van der Waals surface area contributed by atoms with Gasteiger partial charge in [-0.15, -0.1) is 0 Å². The molecule has 0 saturated heterocycles. The van der Waals surface area contributed by atoms with Crippen molar-refractivity contribution in [1.82, 2.24) is 10.2 Å². The van der Waals surface area contributed by atoms with Crippen molar-refractivity contribution in [3.63, 3.8) is 0 Å². The highest BCUT2D eigenvalue weighted by Crippen LogP contribution is 2.24. The molecule has 0 unspecified atom stereocenters. The molecular weight excluding hydrogens is 184 g/mol. The highest BCUT2D eigenvalue weighted by atomic mass is 15.1. The molecule has 2 nitrogen and oxygen atoms in total. The molecule has 0 atom stereocenters. The molecule has 78 valence electrons. The molecule has 1 N–H and O–H groups in total. The van der Waals surface area contributed by atoms with Crippen LogP contribution in [0.25, 0.3) is 11.3 Å². The summed E-state index contributed by atoms with van der Waals surface area (Å²) in [5.74, 6) is 0.558. The first kappa shape index (κ1) is 9.97. The van der Waals surface area contributed by atoms with Crippen molar-refractivity contribution < 1.29 is 0 Å². The van der Waals surface area contributed by atoms with Crippen LogP contribution in [0.5, 0.6) is 0 Å². The van der Waals surface area contributed by atoms with E-state index in [4.69, 9.17) is 0 Å². The van der Waals surface area contributed by atoms with E-state index in [2.05, 4.69) is 49.2 Å². The van der Waals surface area contributed by atoms with E-state index in [-0.39, 0.29) is 0 Å². The van der Waals surface area contributed by atoms with Crippen LogP contribution in [-0.4, -0.2) is 10.2 Å². The molecule has 1 aromatic heterocycles. The summed E-state index contributed by atoms with van der Waals surface area (Å²) in [6.45, 7) is 6.55. The number of hydrogen-bond donors (Lipinski definition) is 1. The summed E-state index contributed by atoms with van der Waals surface area (Å²) in [7, 11) is 0. The zero-order valence-electron chi connectivity index (χ0n) is 9.41. The molecule has 2 heteroatoms. The van der Waals surface area contributed by atoms with Crippen LogP contribution in [0, 0.1) is 6.92 Å². The van der Waals surface area contributed by atoms with Crippen molar-refractivity contribution in [3.8, 4) is 11.3 Å².